The predicted molar refractivity (Wildman–Crippen MR) is 155 cm³/mol. The molecule has 2 aromatic heterocycles. The molecule has 0 radical (unpaired) electrons. The standard InChI is InChI=1S/C29H32N6O3S2/c1-19-31-13-10-24(32-19)28-33-25(22-4-2-3-5-23(22)27(36)34-29(18-30)11-12-29)26(39-28)20-6-8-21(9-7-20)35-14-16-40(37,38)17-15-35/h6-10,13,22-23H,2-5,11-12,14-17H2,1H3,(H,34,36)/t22-,23-/m1/s1. The van der Waals surface area contributed by atoms with E-state index in [1.807, 2.05) is 25.1 Å². The molecule has 3 aliphatic rings. The second kappa shape index (κ2) is 10.6. The summed E-state index contributed by atoms with van der Waals surface area (Å²) in [7, 11) is -2.95. The molecule has 0 unspecified atom stereocenters. The van der Waals surface area contributed by atoms with Crippen LogP contribution in [0.25, 0.3) is 21.1 Å². The Labute approximate surface area is 238 Å². The molecular formula is C29H32N6O3S2. The van der Waals surface area contributed by atoms with Gasteiger partial charge in [0, 0.05) is 36.8 Å². The molecule has 0 bridgehead atoms. The Morgan fingerprint density at radius 2 is 1.82 bits per heavy atom. The van der Waals surface area contributed by atoms with Gasteiger partial charge in [0.1, 0.15) is 22.1 Å². The average molecular weight is 577 g/mol. The van der Waals surface area contributed by atoms with Crippen LogP contribution >= 0.6 is 11.3 Å². The van der Waals surface area contributed by atoms with E-state index in [9.17, 15) is 18.5 Å². The van der Waals surface area contributed by atoms with Crippen LogP contribution < -0.4 is 10.2 Å². The molecule has 3 fully saturated rings. The molecule has 1 saturated heterocycles. The normalized spacial score (nSPS) is 23.2. The molecule has 2 atom stereocenters. The number of sulfone groups is 1. The van der Waals surface area contributed by atoms with E-state index in [0.717, 1.165) is 58.2 Å². The van der Waals surface area contributed by atoms with Gasteiger partial charge in [-0.25, -0.2) is 23.4 Å². The molecule has 6 rings (SSSR count). The van der Waals surface area contributed by atoms with Crippen molar-refractivity contribution in [1.29, 1.82) is 5.26 Å². The molecule has 9 nitrogen and oxygen atoms in total. The number of hydrogen-bond acceptors (Lipinski definition) is 9. The number of hydrogen-bond donors (Lipinski definition) is 1. The Balaban J connectivity index is 1.35. The van der Waals surface area contributed by atoms with E-state index in [1.165, 1.54) is 0 Å². The second-order valence-corrected chi connectivity index (χ2v) is 14.4. The summed E-state index contributed by atoms with van der Waals surface area (Å²) < 4.78 is 23.8. The van der Waals surface area contributed by atoms with E-state index in [1.54, 1.807) is 17.5 Å². The van der Waals surface area contributed by atoms with Gasteiger partial charge >= 0.3 is 0 Å². The van der Waals surface area contributed by atoms with E-state index in [0.29, 0.717) is 31.8 Å². The van der Waals surface area contributed by atoms with E-state index in [4.69, 9.17) is 4.98 Å². The van der Waals surface area contributed by atoms with Gasteiger partial charge in [-0.05, 0) is 56.4 Å². The molecule has 208 valence electrons. The Bertz CT molecular complexity index is 1560. The Morgan fingerprint density at radius 3 is 2.50 bits per heavy atom. The van der Waals surface area contributed by atoms with Gasteiger partial charge in [0.2, 0.25) is 5.91 Å². The van der Waals surface area contributed by atoms with Gasteiger partial charge in [-0.1, -0.05) is 25.0 Å². The minimum Gasteiger partial charge on any atom is -0.369 e. The number of rotatable bonds is 6. The van der Waals surface area contributed by atoms with E-state index in [-0.39, 0.29) is 29.2 Å². The van der Waals surface area contributed by atoms with Gasteiger partial charge in [0.05, 0.1) is 28.1 Å². The molecule has 2 saturated carbocycles. The molecule has 1 amide bonds. The van der Waals surface area contributed by atoms with E-state index in [2.05, 4.69) is 38.4 Å². The molecular weight excluding hydrogens is 544 g/mol. The van der Waals surface area contributed by atoms with E-state index >= 15 is 0 Å². The van der Waals surface area contributed by atoms with E-state index < -0.39 is 15.4 Å². The Morgan fingerprint density at radius 1 is 1.10 bits per heavy atom. The predicted octanol–water partition coefficient (Wildman–Crippen LogP) is 4.26. The molecule has 2 aliphatic carbocycles. The zero-order chi connectivity index (χ0) is 27.9. The van der Waals surface area contributed by atoms with Crippen molar-refractivity contribution in [1.82, 2.24) is 20.3 Å². The Hall–Kier alpha value is -3.36. The number of nitriles is 1. The lowest BCUT2D eigenvalue weighted by Gasteiger charge is -2.31. The number of nitrogens with one attached hydrogen (secondary N) is 1. The topological polar surface area (TPSA) is 129 Å². The van der Waals surface area contributed by atoms with Gasteiger partial charge < -0.3 is 10.2 Å². The van der Waals surface area contributed by atoms with Crippen molar-refractivity contribution in [3.8, 4) is 27.2 Å². The number of nitrogens with zero attached hydrogens (tertiary/aromatic N) is 5. The first-order valence-corrected chi connectivity index (χ1v) is 16.5. The number of benzene rings is 1. The number of aromatic nitrogens is 3. The quantitative estimate of drug-likeness (QED) is 0.461. The molecule has 0 spiro atoms. The van der Waals surface area contributed by atoms with Crippen LogP contribution in [0.3, 0.4) is 0 Å². The Kier molecular flexibility index (Phi) is 7.09. The summed E-state index contributed by atoms with van der Waals surface area (Å²) in [6.07, 6.45) is 6.78. The number of aryl methyl sites for hydroxylation is 1. The fourth-order valence-corrected chi connectivity index (χ4v) is 8.07. The first kappa shape index (κ1) is 26.8. The van der Waals surface area contributed by atoms with Crippen LogP contribution in [0.1, 0.15) is 56.0 Å². The number of thiazole rings is 1. The van der Waals surface area contributed by atoms with Crippen molar-refractivity contribution in [2.24, 2.45) is 5.92 Å². The molecule has 40 heavy (non-hydrogen) atoms. The van der Waals surface area contributed by atoms with Gasteiger partial charge in [0.25, 0.3) is 0 Å². The summed E-state index contributed by atoms with van der Waals surface area (Å²) >= 11 is 1.57. The largest absolute Gasteiger partial charge is 0.369 e. The number of carbonyl (C=O) groups is 1. The summed E-state index contributed by atoms with van der Waals surface area (Å²) in [5.41, 5.74) is 2.98. The summed E-state index contributed by atoms with van der Waals surface area (Å²) in [5.74, 6) is 0.678. The van der Waals surface area contributed by atoms with Crippen LogP contribution in [0.15, 0.2) is 36.5 Å². The van der Waals surface area contributed by atoms with Crippen molar-refractivity contribution < 1.29 is 13.2 Å². The SMILES string of the molecule is Cc1nccc(-c2nc([C@@H]3CCCC[C@H]3C(=O)NC3(C#N)CC3)c(-c3ccc(N4CCS(=O)(=O)CC4)cc3)s2)n1. The van der Waals surface area contributed by atoms with Crippen molar-refractivity contribution in [3.05, 3.63) is 48.0 Å². The number of carbonyl (C=O) groups excluding carboxylic acids is 1. The van der Waals surface area contributed by atoms with Crippen LogP contribution in [0, 0.1) is 24.2 Å². The maximum atomic E-state index is 13.5. The lowest BCUT2D eigenvalue weighted by atomic mass is 9.76. The van der Waals surface area contributed by atoms with Crippen molar-refractivity contribution in [2.45, 2.75) is 56.9 Å². The first-order valence-electron chi connectivity index (χ1n) is 13.9. The zero-order valence-corrected chi connectivity index (χ0v) is 24.1. The van der Waals surface area contributed by atoms with Crippen LogP contribution in [0.2, 0.25) is 0 Å². The number of anilines is 1. The highest BCUT2D eigenvalue weighted by molar-refractivity contribution is 7.91. The highest BCUT2D eigenvalue weighted by Crippen LogP contribution is 2.46. The van der Waals surface area contributed by atoms with Crippen LogP contribution in [0.5, 0.6) is 0 Å². The molecule has 1 aliphatic heterocycles. The lowest BCUT2D eigenvalue weighted by molar-refractivity contribution is -0.127. The van der Waals surface area contributed by atoms with Crippen molar-refractivity contribution in [2.75, 3.05) is 29.5 Å². The van der Waals surface area contributed by atoms with Crippen molar-refractivity contribution in [3.63, 3.8) is 0 Å². The van der Waals surface area contributed by atoms with Crippen LogP contribution in [-0.4, -0.2) is 59.4 Å². The molecule has 1 aromatic carbocycles. The maximum absolute atomic E-state index is 13.5. The third-order valence-electron chi connectivity index (χ3n) is 8.27. The molecule has 3 aromatic rings. The fourth-order valence-electron chi connectivity index (χ4n) is 5.76. The maximum Gasteiger partial charge on any atom is 0.225 e. The number of amides is 1. The van der Waals surface area contributed by atoms with Gasteiger partial charge in [-0.3, -0.25) is 4.79 Å². The zero-order valence-electron chi connectivity index (χ0n) is 22.5. The minimum absolute atomic E-state index is 0.0440. The van der Waals surface area contributed by atoms with Gasteiger partial charge in [-0.15, -0.1) is 11.3 Å². The third kappa shape index (κ3) is 5.47. The molecule has 11 heteroatoms. The summed E-state index contributed by atoms with van der Waals surface area (Å²) in [6, 6.07) is 12.4. The highest BCUT2D eigenvalue weighted by Gasteiger charge is 2.47. The fraction of sp³-hybridized carbons (Fsp3) is 0.483. The van der Waals surface area contributed by atoms with Crippen molar-refractivity contribution >= 4 is 32.8 Å². The highest BCUT2D eigenvalue weighted by atomic mass is 32.2. The van der Waals surface area contributed by atoms with Crippen LogP contribution in [0.4, 0.5) is 5.69 Å². The first-order chi connectivity index (χ1) is 19.3. The molecule has 3 heterocycles. The average Bonchev–Trinajstić information content (AvgIpc) is 3.59. The third-order valence-corrected chi connectivity index (χ3v) is 11.0. The molecule has 1 N–H and O–H groups in total. The van der Waals surface area contributed by atoms with Crippen LogP contribution in [-0.2, 0) is 14.6 Å². The smallest absolute Gasteiger partial charge is 0.225 e. The van der Waals surface area contributed by atoms with Gasteiger partial charge in [0.15, 0.2) is 9.84 Å². The van der Waals surface area contributed by atoms with Gasteiger partial charge in [-0.2, -0.15) is 5.26 Å². The summed E-state index contributed by atoms with van der Waals surface area (Å²) in [5, 5.41) is 13.4. The lowest BCUT2D eigenvalue weighted by Crippen LogP contribution is -2.42. The summed E-state index contributed by atoms with van der Waals surface area (Å²) in [4.78, 5) is 30.6. The monoisotopic (exact) mass is 576 g/mol. The summed E-state index contributed by atoms with van der Waals surface area (Å²) in [6.45, 7) is 2.84. The second-order valence-electron chi connectivity index (χ2n) is 11.1. The minimum atomic E-state index is -2.95.